The molecule has 1 aromatic carbocycles. The van der Waals surface area contributed by atoms with E-state index in [9.17, 15) is 23.1 Å². The molecule has 1 aliphatic rings. The van der Waals surface area contributed by atoms with Crippen molar-refractivity contribution in [1.29, 1.82) is 0 Å². The number of carbonyl (C=O) groups excluding carboxylic acids is 1. The van der Waals surface area contributed by atoms with Gasteiger partial charge in [-0.3, -0.25) is 0 Å². The standard InChI is InChI=1S/C12H9Cl2F3O3/c13-11(14)9(10(11,5-18)6-19)7-2-1-3-8(4-7)20-12(15,16)17/h1-5,9,19H,6H2. The van der Waals surface area contributed by atoms with Gasteiger partial charge in [-0.2, -0.15) is 0 Å². The molecule has 8 heteroatoms. The first-order valence-electron chi connectivity index (χ1n) is 5.48. The number of halogens is 5. The Kier molecular flexibility index (Phi) is 3.69. The van der Waals surface area contributed by atoms with Gasteiger partial charge in [-0.15, -0.1) is 13.2 Å². The van der Waals surface area contributed by atoms with Crippen molar-refractivity contribution in [2.45, 2.75) is 16.6 Å². The Bertz CT molecular complexity index is 533. The van der Waals surface area contributed by atoms with E-state index in [1.165, 1.54) is 12.1 Å². The Morgan fingerprint density at radius 3 is 2.50 bits per heavy atom. The quantitative estimate of drug-likeness (QED) is 0.682. The van der Waals surface area contributed by atoms with Gasteiger partial charge < -0.3 is 14.6 Å². The van der Waals surface area contributed by atoms with Gasteiger partial charge in [0.05, 0.1) is 12.0 Å². The Morgan fingerprint density at radius 2 is 2.05 bits per heavy atom. The van der Waals surface area contributed by atoms with E-state index < -0.39 is 34.4 Å². The van der Waals surface area contributed by atoms with Gasteiger partial charge in [0.2, 0.25) is 0 Å². The number of hydrogen-bond donors (Lipinski definition) is 1. The van der Waals surface area contributed by atoms with Gasteiger partial charge in [0.25, 0.3) is 0 Å². The van der Waals surface area contributed by atoms with Crippen LogP contribution in [0.2, 0.25) is 0 Å². The highest BCUT2D eigenvalue weighted by Gasteiger charge is 2.76. The van der Waals surface area contributed by atoms with Crippen LogP contribution in [0.5, 0.6) is 5.75 Å². The third-order valence-electron chi connectivity index (χ3n) is 3.31. The van der Waals surface area contributed by atoms with Crippen LogP contribution in [-0.2, 0) is 4.79 Å². The van der Waals surface area contributed by atoms with Crippen molar-refractivity contribution < 1.29 is 27.8 Å². The number of ether oxygens (including phenoxy) is 1. The zero-order valence-electron chi connectivity index (χ0n) is 9.82. The Morgan fingerprint density at radius 1 is 1.40 bits per heavy atom. The summed E-state index contributed by atoms with van der Waals surface area (Å²) in [5.41, 5.74) is -1.12. The summed E-state index contributed by atoms with van der Waals surface area (Å²) in [6.07, 6.45) is -4.39. The lowest BCUT2D eigenvalue weighted by atomic mass is 10.0. The van der Waals surface area contributed by atoms with Gasteiger partial charge >= 0.3 is 6.36 Å². The van der Waals surface area contributed by atoms with Crippen LogP contribution >= 0.6 is 23.2 Å². The first kappa shape index (κ1) is 15.4. The molecule has 0 radical (unpaired) electrons. The summed E-state index contributed by atoms with van der Waals surface area (Å²) in [5.74, 6) is -1.23. The molecule has 0 spiro atoms. The fourth-order valence-electron chi connectivity index (χ4n) is 2.25. The van der Waals surface area contributed by atoms with Crippen LogP contribution in [0.1, 0.15) is 11.5 Å². The third-order valence-corrected chi connectivity index (χ3v) is 4.45. The predicted molar refractivity (Wildman–Crippen MR) is 65.9 cm³/mol. The molecular weight excluding hydrogens is 320 g/mol. The van der Waals surface area contributed by atoms with Crippen LogP contribution in [0, 0.1) is 5.41 Å². The minimum Gasteiger partial charge on any atom is -0.406 e. The Balaban J connectivity index is 2.32. The van der Waals surface area contributed by atoms with Gasteiger partial charge in [-0.05, 0) is 17.7 Å². The van der Waals surface area contributed by atoms with Crippen LogP contribution in [0.15, 0.2) is 24.3 Å². The van der Waals surface area contributed by atoms with E-state index >= 15 is 0 Å². The monoisotopic (exact) mass is 328 g/mol. The second-order valence-electron chi connectivity index (χ2n) is 4.49. The number of aliphatic hydroxyl groups excluding tert-OH is 1. The highest BCUT2D eigenvalue weighted by Crippen LogP contribution is 2.72. The largest absolute Gasteiger partial charge is 0.573 e. The molecule has 0 amide bonds. The second kappa shape index (κ2) is 4.79. The van der Waals surface area contributed by atoms with Crippen LogP contribution in [-0.4, -0.2) is 28.7 Å². The maximum atomic E-state index is 12.2. The van der Waals surface area contributed by atoms with E-state index in [-0.39, 0.29) is 5.56 Å². The highest BCUT2D eigenvalue weighted by atomic mass is 35.5. The van der Waals surface area contributed by atoms with Crippen LogP contribution in [0.3, 0.4) is 0 Å². The number of rotatable bonds is 4. The number of aldehydes is 1. The van der Waals surface area contributed by atoms with Crippen molar-refractivity contribution >= 4 is 29.5 Å². The van der Waals surface area contributed by atoms with Crippen LogP contribution < -0.4 is 4.74 Å². The number of alkyl halides is 5. The minimum absolute atomic E-state index is 0.290. The number of benzene rings is 1. The van der Waals surface area contributed by atoms with Crippen molar-refractivity contribution in [3.63, 3.8) is 0 Å². The van der Waals surface area contributed by atoms with E-state index in [0.29, 0.717) is 6.29 Å². The molecule has 0 aromatic heterocycles. The van der Waals surface area contributed by atoms with E-state index in [2.05, 4.69) is 4.74 Å². The SMILES string of the molecule is O=CC1(CO)C(c2cccc(OC(F)(F)F)c2)C1(Cl)Cl. The molecule has 2 rings (SSSR count). The molecule has 2 unspecified atom stereocenters. The van der Waals surface area contributed by atoms with Gasteiger partial charge in [0.1, 0.15) is 16.4 Å². The molecule has 2 atom stereocenters. The fourth-order valence-corrected chi connectivity index (χ4v) is 3.21. The van der Waals surface area contributed by atoms with Crippen molar-refractivity contribution in [1.82, 2.24) is 0 Å². The number of hydrogen-bond acceptors (Lipinski definition) is 3. The molecule has 110 valence electrons. The van der Waals surface area contributed by atoms with E-state index in [1.807, 2.05) is 0 Å². The fraction of sp³-hybridized carbons (Fsp3) is 0.417. The molecule has 1 saturated carbocycles. The predicted octanol–water partition coefficient (Wildman–Crippen LogP) is 3.03. The van der Waals surface area contributed by atoms with Gasteiger partial charge in [-0.1, -0.05) is 35.3 Å². The molecular formula is C12H9Cl2F3O3. The maximum Gasteiger partial charge on any atom is 0.573 e. The van der Waals surface area contributed by atoms with Crippen molar-refractivity contribution in [3.05, 3.63) is 29.8 Å². The summed E-state index contributed by atoms with van der Waals surface area (Å²) < 4.78 is 38.7. The lowest BCUT2D eigenvalue weighted by Crippen LogP contribution is -2.17. The third kappa shape index (κ3) is 2.36. The van der Waals surface area contributed by atoms with Crippen molar-refractivity contribution in [3.8, 4) is 5.75 Å². The van der Waals surface area contributed by atoms with Crippen molar-refractivity contribution in [2.75, 3.05) is 6.61 Å². The van der Waals surface area contributed by atoms with E-state index in [4.69, 9.17) is 23.2 Å². The summed E-state index contributed by atoms with van der Waals surface area (Å²) in [7, 11) is 0. The molecule has 3 nitrogen and oxygen atoms in total. The van der Waals surface area contributed by atoms with Gasteiger partial charge in [0, 0.05) is 5.92 Å². The number of carbonyl (C=O) groups is 1. The number of aliphatic hydroxyl groups is 1. The smallest absolute Gasteiger partial charge is 0.406 e. The normalized spacial score (nSPS) is 28.0. The summed E-state index contributed by atoms with van der Waals surface area (Å²) >= 11 is 11.9. The molecule has 1 fully saturated rings. The zero-order chi connectivity index (χ0) is 15.2. The molecule has 0 aliphatic heterocycles. The van der Waals surface area contributed by atoms with E-state index in [1.54, 1.807) is 0 Å². The van der Waals surface area contributed by atoms with Crippen molar-refractivity contribution in [2.24, 2.45) is 5.41 Å². The average Bonchev–Trinajstić information content (AvgIpc) is 2.84. The molecule has 1 aliphatic carbocycles. The van der Waals surface area contributed by atoms with E-state index in [0.717, 1.165) is 12.1 Å². The minimum atomic E-state index is -4.82. The molecule has 20 heavy (non-hydrogen) atoms. The van der Waals surface area contributed by atoms with Gasteiger partial charge in [-0.25, -0.2) is 0 Å². The van der Waals surface area contributed by atoms with Gasteiger partial charge in [0.15, 0.2) is 0 Å². The molecule has 0 saturated heterocycles. The highest BCUT2D eigenvalue weighted by molar-refractivity contribution is 6.54. The van der Waals surface area contributed by atoms with Crippen LogP contribution in [0.4, 0.5) is 13.2 Å². The first-order chi connectivity index (χ1) is 9.18. The Labute approximate surface area is 122 Å². The molecule has 1 N–H and O–H groups in total. The van der Waals surface area contributed by atoms with Crippen LogP contribution in [0.25, 0.3) is 0 Å². The summed E-state index contributed by atoms with van der Waals surface area (Å²) in [6, 6.07) is 5.00. The second-order valence-corrected chi connectivity index (χ2v) is 5.88. The summed E-state index contributed by atoms with van der Waals surface area (Å²) in [5, 5.41) is 9.27. The Hall–Kier alpha value is -0.980. The lowest BCUT2D eigenvalue weighted by Gasteiger charge is -2.10. The molecule has 0 heterocycles. The first-order valence-corrected chi connectivity index (χ1v) is 6.24. The molecule has 1 aromatic rings. The summed E-state index contributed by atoms with van der Waals surface area (Å²) in [4.78, 5) is 11.1. The zero-order valence-corrected chi connectivity index (χ0v) is 11.3. The average molecular weight is 329 g/mol. The maximum absolute atomic E-state index is 12.2. The topological polar surface area (TPSA) is 46.5 Å². The summed E-state index contributed by atoms with van der Waals surface area (Å²) in [6.45, 7) is -0.599. The molecule has 0 bridgehead atoms. The lowest BCUT2D eigenvalue weighted by molar-refractivity contribution is -0.274.